The first-order valence-corrected chi connectivity index (χ1v) is 9.65. The van der Waals surface area contributed by atoms with Crippen molar-refractivity contribution in [2.24, 2.45) is 7.05 Å². The molecular weight excluding hydrogens is 384 g/mol. The van der Waals surface area contributed by atoms with E-state index in [1.54, 1.807) is 12.1 Å². The zero-order valence-electron chi connectivity index (χ0n) is 15.0. The molecule has 0 bridgehead atoms. The SMILES string of the molecule is Cc1ccccc1OCc1nnc(SCC(=O)Nc2ccccc2Cl)n1C. The second-order valence-electron chi connectivity index (χ2n) is 5.83. The molecule has 0 radical (unpaired) electrons. The van der Waals surface area contributed by atoms with Gasteiger partial charge in [-0.1, -0.05) is 53.7 Å². The predicted octanol–water partition coefficient (Wildman–Crippen LogP) is 4.09. The molecule has 0 saturated carbocycles. The van der Waals surface area contributed by atoms with Crippen LogP contribution in [0, 0.1) is 6.92 Å². The Bertz CT molecular complexity index is 945. The summed E-state index contributed by atoms with van der Waals surface area (Å²) in [5.74, 6) is 1.55. The predicted molar refractivity (Wildman–Crippen MR) is 107 cm³/mol. The van der Waals surface area contributed by atoms with Gasteiger partial charge in [-0.2, -0.15) is 0 Å². The third-order valence-electron chi connectivity index (χ3n) is 3.86. The van der Waals surface area contributed by atoms with E-state index in [0.29, 0.717) is 28.3 Å². The summed E-state index contributed by atoms with van der Waals surface area (Å²) in [4.78, 5) is 12.1. The zero-order valence-corrected chi connectivity index (χ0v) is 16.5. The number of hydrogen-bond donors (Lipinski definition) is 1. The molecule has 0 atom stereocenters. The molecule has 1 aromatic heterocycles. The van der Waals surface area contributed by atoms with Crippen LogP contribution in [0.15, 0.2) is 53.7 Å². The van der Waals surface area contributed by atoms with E-state index in [4.69, 9.17) is 16.3 Å². The fourth-order valence-corrected chi connectivity index (χ4v) is 3.25. The number of halogens is 1. The first-order chi connectivity index (χ1) is 13.0. The van der Waals surface area contributed by atoms with E-state index in [1.165, 1.54) is 11.8 Å². The van der Waals surface area contributed by atoms with E-state index in [2.05, 4.69) is 15.5 Å². The Kier molecular flexibility index (Phi) is 6.36. The first-order valence-electron chi connectivity index (χ1n) is 8.28. The van der Waals surface area contributed by atoms with Crippen LogP contribution in [0.4, 0.5) is 5.69 Å². The minimum Gasteiger partial charge on any atom is -0.485 e. The topological polar surface area (TPSA) is 69.0 Å². The number of aryl methyl sites for hydroxylation is 1. The molecule has 8 heteroatoms. The molecule has 1 amide bonds. The van der Waals surface area contributed by atoms with Gasteiger partial charge in [-0.05, 0) is 30.7 Å². The van der Waals surface area contributed by atoms with Crippen molar-refractivity contribution in [1.82, 2.24) is 14.8 Å². The van der Waals surface area contributed by atoms with Crippen molar-refractivity contribution in [2.75, 3.05) is 11.1 Å². The number of benzene rings is 2. The summed E-state index contributed by atoms with van der Waals surface area (Å²) in [5.41, 5.74) is 1.65. The van der Waals surface area contributed by atoms with E-state index >= 15 is 0 Å². The van der Waals surface area contributed by atoms with Crippen molar-refractivity contribution >= 4 is 35.0 Å². The number of para-hydroxylation sites is 2. The molecule has 140 valence electrons. The molecule has 3 aromatic rings. The van der Waals surface area contributed by atoms with Gasteiger partial charge in [-0.15, -0.1) is 10.2 Å². The molecule has 0 aliphatic heterocycles. The number of nitrogens with one attached hydrogen (secondary N) is 1. The van der Waals surface area contributed by atoms with E-state index in [1.807, 2.05) is 54.9 Å². The molecule has 0 unspecified atom stereocenters. The van der Waals surface area contributed by atoms with Crippen molar-refractivity contribution in [3.63, 3.8) is 0 Å². The summed E-state index contributed by atoms with van der Waals surface area (Å²) in [7, 11) is 1.85. The highest BCUT2D eigenvalue weighted by Crippen LogP contribution is 2.22. The lowest BCUT2D eigenvalue weighted by Crippen LogP contribution is -2.14. The molecule has 1 heterocycles. The Hall–Kier alpha value is -2.51. The van der Waals surface area contributed by atoms with Gasteiger partial charge >= 0.3 is 0 Å². The van der Waals surface area contributed by atoms with Gasteiger partial charge in [0.1, 0.15) is 12.4 Å². The summed E-state index contributed by atoms with van der Waals surface area (Å²) in [6.07, 6.45) is 0. The molecule has 1 N–H and O–H groups in total. The number of rotatable bonds is 7. The summed E-state index contributed by atoms with van der Waals surface area (Å²) in [5, 5.41) is 12.2. The first kappa shape index (κ1) is 19.3. The molecule has 6 nitrogen and oxygen atoms in total. The lowest BCUT2D eigenvalue weighted by molar-refractivity contribution is -0.113. The molecule has 3 rings (SSSR count). The maximum Gasteiger partial charge on any atom is 0.234 e. The number of thioether (sulfide) groups is 1. The van der Waals surface area contributed by atoms with Gasteiger partial charge < -0.3 is 14.6 Å². The van der Waals surface area contributed by atoms with Crippen LogP contribution in [0.25, 0.3) is 0 Å². The van der Waals surface area contributed by atoms with Crippen LogP contribution in [0.5, 0.6) is 5.75 Å². The molecule has 0 spiro atoms. The lowest BCUT2D eigenvalue weighted by atomic mass is 10.2. The zero-order chi connectivity index (χ0) is 19.2. The molecule has 0 aliphatic rings. The standard InChI is InChI=1S/C19H19ClN4O2S/c1-13-7-3-6-10-16(13)26-11-17-22-23-19(24(17)2)27-12-18(25)21-15-9-5-4-8-14(15)20/h3-10H,11-12H2,1-2H3,(H,21,25). The highest BCUT2D eigenvalue weighted by molar-refractivity contribution is 7.99. The number of nitrogens with zero attached hydrogens (tertiary/aromatic N) is 3. The Balaban J connectivity index is 1.55. The number of carbonyl (C=O) groups is 1. The third-order valence-corrected chi connectivity index (χ3v) is 5.21. The Morgan fingerprint density at radius 1 is 1.19 bits per heavy atom. The van der Waals surface area contributed by atoms with Crippen LogP contribution < -0.4 is 10.1 Å². The van der Waals surface area contributed by atoms with E-state index in [0.717, 1.165) is 11.3 Å². The normalized spacial score (nSPS) is 10.6. The molecular formula is C19H19ClN4O2S. The maximum absolute atomic E-state index is 12.1. The van der Waals surface area contributed by atoms with Crippen LogP contribution in [-0.4, -0.2) is 26.4 Å². The smallest absolute Gasteiger partial charge is 0.234 e. The minimum absolute atomic E-state index is 0.159. The van der Waals surface area contributed by atoms with E-state index in [-0.39, 0.29) is 11.7 Å². The fraction of sp³-hybridized carbons (Fsp3) is 0.211. The molecule has 0 aliphatic carbocycles. The second kappa shape index (κ2) is 8.92. The summed E-state index contributed by atoms with van der Waals surface area (Å²) < 4.78 is 7.63. The van der Waals surface area contributed by atoms with Crippen LogP contribution in [0.3, 0.4) is 0 Å². The number of carbonyl (C=O) groups excluding carboxylic acids is 1. The van der Waals surface area contributed by atoms with E-state index < -0.39 is 0 Å². The van der Waals surface area contributed by atoms with Crippen LogP contribution in [0.2, 0.25) is 5.02 Å². The number of anilines is 1. The van der Waals surface area contributed by atoms with Gasteiger partial charge in [0.2, 0.25) is 5.91 Å². The van der Waals surface area contributed by atoms with Crippen LogP contribution in [0.1, 0.15) is 11.4 Å². The van der Waals surface area contributed by atoms with Gasteiger partial charge in [0.25, 0.3) is 0 Å². The van der Waals surface area contributed by atoms with Crippen LogP contribution >= 0.6 is 23.4 Å². The second-order valence-corrected chi connectivity index (χ2v) is 7.18. The number of ether oxygens (including phenoxy) is 1. The Morgan fingerprint density at radius 3 is 2.70 bits per heavy atom. The molecule has 0 fully saturated rings. The van der Waals surface area contributed by atoms with Gasteiger partial charge in [0, 0.05) is 7.05 Å². The number of hydrogen-bond acceptors (Lipinski definition) is 5. The Labute approximate surface area is 166 Å². The lowest BCUT2D eigenvalue weighted by Gasteiger charge is -2.09. The van der Waals surface area contributed by atoms with Crippen molar-refractivity contribution < 1.29 is 9.53 Å². The van der Waals surface area contributed by atoms with Crippen LogP contribution in [-0.2, 0) is 18.4 Å². The fourth-order valence-electron chi connectivity index (χ4n) is 2.34. The molecule has 2 aromatic carbocycles. The summed E-state index contributed by atoms with van der Waals surface area (Å²) >= 11 is 7.35. The van der Waals surface area contributed by atoms with E-state index in [9.17, 15) is 4.79 Å². The largest absolute Gasteiger partial charge is 0.485 e. The van der Waals surface area contributed by atoms with Gasteiger partial charge in [0.05, 0.1) is 16.5 Å². The van der Waals surface area contributed by atoms with Crippen molar-refractivity contribution in [2.45, 2.75) is 18.7 Å². The minimum atomic E-state index is -0.159. The summed E-state index contributed by atoms with van der Waals surface area (Å²) in [6.45, 7) is 2.30. The maximum atomic E-state index is 12.1. The molecule has 0 saturated heterocycles. The van der Waals surface area contributed by atoms with Crippen molar-refractivity contribution in [3.8, 4) is 5.75 Å². The van der Waals surface area contributed by atoms with Gasteiger partial charge in [0.15, 0.2) is 11.0 Å². The molecule has 27 heavy (non-hydrogen) atoms. The van der Waals surface area contributed by atoms with Gasteiger partial charge in [-0.3, -0.25) is 4.79 Å². The van der Waals surface area contributed by atoms with Gasteiger partial charge in [-0.25, -0.2) is 0 Å². The monoisotopic (exact) mass is 402 g/mol. The Morgan fingerprint density at radius 2 is 1.93 bits per heavy atom. The highest BCUT2D eigenvalue weighted by atomic mass is 35.5. The average Bonchev–Trinajstić information content (AvgIpc) is 3.01. The third kappa shape index (κ3) is 5.02. The number of aromatic nitrogens is 3. The van der Waals surface area contributed by atoms with Crippen molar-refractivity contribution in [1.29, 1.82) is 0 Å². The summed E-state index contributed by atoms with van der Waals surface area (Å²) in [6, 6.07) is 14.9. The number of amides is 1. The average molecular weight is 403 g/mol. The van der Waals surface area contributed by atoms with Crippen molar-refractivity contribution in [3.05, 3.63) is 64.9 Å². The highest BCUT2D eigenvalue weighted by Gasteiger charge is 2.13. The quantitative estimate of drug-likeness (QED) is 0.603.